The number of piperidine rings is 1. The minimum Gasteiger partial charge on any atom is -0.454 e. The molecule has 0 aliphatic carbocycles. The van der Waals surface area contributed by atoms with Gasteiger partial charge in [0.25, 0.3) is 11.8 Å². The van der Waals surface area contributed by atoms with Crippen molar-refractivity contribution in [2.24, 2.45) is 0 Å². The van der Waals surface area contributed by atoms with Gasteiger partial charge in [-0.05, 0) is 51.3 Å². The van der Waals surface area contributed by atoms with E-state index in [0.29, 0.717) is 5.02 Å². The molecule has 1 N–H and O–H groups in total. The zero-order chi connectivity index (χ0) is 19.3. The van der Waals surface area contributed by atoms with Crippen molar-refractivity contribution in [3.05, 3.63) is 33.8 Å². The summed E-state index contributed by atoms with van der Waals surface area (Å²) in [5.74, 6) is -1.42. The summed E-state index contributed by atoms with van der Waals surface area (Å²) in [6, 6.07) is 4.71. The summed E-state index contributed by atoms with van der Waals surface area (Å²) in [6.45, 7) is 3.30. The molecule has 0 unspecified atom stereocenters. The Labute approximate surface area is 162 Å². The van der Waals surface area contributed by atoms with Crippen LogP contribution in [0.1, 0.15) is 43.5 Å². The van der Waals surface area contributed by atoms with Crippen molar-refractivity contribution in [2.45, 2.75) is 45.2 Å². The van der Waals surface area contributed by atoms with Gasteiger partial charge in [0.15, 0.2) is 6.61 Å². The number of ether oxygens (including phenoxy) is 1. The van der Waals surface area contributed by atoms with Crippen molar-refractivity contribution in [3.8, 4) is 0 Å². The third kappa shape index (κ3) is 5.35. The van der Waals surface area contributed by atoms with Crippen LogP contribution in [0.4, 0.5) is 0 Å². The first-order valence-electron chi connectivity index (χ1n) is 8.49. The minimum absolute atomic E-state index is 0.136. The van der Waals surface area contributed by atoms with Gasteiger partial charge < -0.3 is 15.0 Å². The van der Waals surface area contributed by atoms with Gasteiger partial charge in [-0.1, -0.05) is 23.2 Å². The summed E-state index contributed by atoms with van der Waals surface area (Å²) < 4.78 is 4.99. The van der Waals surface area contributed by atoms with Crippen molar-refractivity contribution in [1.29, 1.82) is 0 Å². The maximum Gasteiger partial charge on any atom is 0.325 e. The van der Waals surface area contributed by atoms with E-state index in [1.807, 2.05) is 13.8 Å². The van der Waals surface area contributed by atoms with Crippen LogP contribution in [0.15, 0.2) is 18.2 Å². The molecule has 8 heteroatoms. The zero-order valence-electron chi connectivity index (χ0n) is 14.8. The number of benzene rings is 1. The average molecular weight is 401 g/mol. The highest BCUT2D eigenvalue weighted by Crippen LogP contribution is 2.22. The first-order valence-corrected chi connectivity index (χ1v) is 9.25. The van der Waals surface area contributed by atoms with Crippen LogP contribution in [-0.2, 0) is 14.3 Å². The van der Waals surface area contributed by atoms with Gasteiger partial charge in [0, 0.05) is 17.1 Å². The van der Waals surface area contributed by atoms with Crippen molar-refractivity contribution in [2.75, 3.05) is 13.2 Å². The Hall–Kier alpha value is -1.79. The predicted octanol–water partition coefficient (Wildman–Crippen LogP) is 3.06. The summed E-state index contributed by atoms with van der Waals surface area (Å²) in [4.78, 5) is 37.9. The number of amides is 2. The lowest BCUT2D eigenvalue weighted by Gasteiger charge is -2.38. The molecular weight excluding hydrogens is 379 g/mol. The van der Waals surface area contributed by atoms with Gasteiger partial charge in [0.2, 0.25) is 0 Å². The second kappa shape index (κ2) is 9.24. The van der Waals surface area contributed by atoms with E-state index in [9.17, 15) is 14.4 Å². The summed E-state index contributed by atoms with van der Waals surface area (Å²) in [5, 5.41) is 3.01. The van der Waals surface area contributed by atoms with Gasteiger partial charge in [-0.25, -0.2) is 0 Å². The van der Waals surface area contributed by atoms with Gasteiger partial charge in [-0.3, -0.25) is 14.4 Å². The molecule has 1 heterocycles. The Balaban J connectivity index is 1.79. The van der Waals surface area contributed by atoms with Gasteiger partial charge in [-0.15, -0.1) is 0 Å². The fraction of sp³-hybridized carbons (Fsp3) is 0.500. The lowest BCUT2D eigenvalue weighted by molar-refractivity contribution is -0.154. The molecule has 0 saturated carbocycles. The number of nitrogens with zero attached hydrogens (tertiary/aromatic N) is 1. The summed E-state index contributed by atoms with van der Waals surface area (Å²) >= 11 is 11.7. The Morgan fingerprint density at radius 2 is 1.85 bits per heavy atom. The SMILES string of the molecule is C[C@@H]1CCC[C@H](C)N1C(=O)COC(=O)CNC(=O)c1ccc(Cl)cc1Cl. The van der Waals surface area contributed by atoms with Crippen molar-refractivity contribution in [1.82, 2.24) is 10.2 Å². The molecule has 0 aromatic heterocycles. The summed E-state index contributed by atoms with van der Waals surface area (Å²) in [5.41, 5.74) is 0.205. The van der Waals surface area contributed by atoms with Crippen LogP contribution < -0.4 is 5.32 Å². The lowest BCUT2D eigenvalue weighted by Crippen LogP contribution is -2.49. The molecular formula is C18H22Cl2N2O4. The normalized spacial score (nSPS) is 19.8. The third-order valence-corrected chi connectivity index (χ3v) is 4.95. The van der Waals surface area contributed by atoms with Gasteiger partial charge in [-0.2, -0.15) is 0 Å². The molecule has 0 bridgehead atoms. The Bertz CT molecular complexity index is 686. The lowest BCUT2D eigenvalue weighted by atomic mass is 9.97. The fourth-order valence-electron chi connectivity index (χ4n) is 3.10. The van der Waals surface area contributed by atoms with Crippen LogP contribution in [0, 0.1) is 0 Å². The van der Waals surface area contributed by atoms with E-state index >= 15 is 0 Å². The average Bonchev–Trinajstić information content (AvgIpc) is 2.57. The Morgan fingerprint density at radius 1 is 1.19 bits per heavy atom. The number of hydrogen-bond acceptors (Lipinski definition) is 4. The fourth-order valence-corrected chi connectivity index (χ4v) is 3.60. The summed E-state index contributed by atoms with van der Waals surface area (Å²) in [6.07, 6.45) is 2.98. The molecule has 6 nitrogen and oxygen atoms in total. The van der Waals surface area contributed by atoms with Gasteiger partial charge in [0.1, 0.15) is 6.54 Å². The highest BCUT2D eigenvalue weighted by Gasteiger charge is 2.29. The molecule has 1 aliphatic rings. The van der Waals surface area contributed by atoms with Gasteiger partial charge >= 0.3 is 5.97 Å². The molecule has 1 aromatic rings. The van der Waals surface area contributed by atoms with E-state index in [4.69, 9.17) is 27.9 Å². The van der Waals surface area contributed by atoms with Gasteiger partial charge in [0.05, 0.1) is 10.6 Å². The maximum absolute atomic E-state index is 12.3. The number of halogens is 2. The number of likely N-dealkylation sites (tertiary alicyclic amines) is 1. The molecule has 0 spiro atoms. The maximum atomic E-state index is 12.3. The van der Waals surface area contributed by atoms with Crippen molar-refractivity contribution < 1.29 is 19.1 Å². The Morgan fingerprint density at radius 3 is 2.46 bits per heavy atom. The monoisotopic (exact) mass is 400 g/mol. The second-order valence-corrected chi connectivity index (χ2v) is 7.24. The quantitative estimate of drug-likeness (QED) is 0.770. The van der Waals surface area contributed by atoms with E-state index in [1.54, 1.807) is 4.90 Å². The zero-order valence-corrected chi connectivity index (χ0v) is 16.3. The number of hydrogen-bond donors (Lipinski definition) is 1. The van der Waals surface area contributed by atoms with E-state index in [-0.39, 0.29) is 41.7 Å². The van der Waals surface area contributed by atoms with Crippen LogP contribution in [0.5, 0.6) is 0 Å². The number of carbonyl (C=O) groups is 3. The molecule has 2 amide bonds. The van der Waals surface area contributed by atoms with Crippen molar-refractivity contribution in [3.63, 3.8) is 0 Å². The van der Waals surface area contributed by atoms with Crippen molar-refractivity contribution >= 4 is 41.0 Å². The highest BCUT2D eigenvalue weighted by atomic mass is 35.5. The van der Waals surface area contributed by atoms with Crippen LogP contribution in [0.3, 0.4) is 0 Å². The smallest absolute Gasteiger partial charge is 0.325 e. The molecule has 1 saturated heterocycles. The molecule has 1 aromatic carbocycles. The van der Waals surface area contributed by atoms with E-state index in [1.165, 1.54) is 18.2 Å². The Kier molecular flexibility index (Phi) is 7.29. The van der Waals surface area contributed by atoms with Crippen LogP contribution >= 0.6 is 23.2 Å². The molecule has 26 heavy (non-hydrogen) atoms. The second-order valence-electron chi connectivity index (χ2n) is 6.40. The van der Waals surface area contributed by atoms with Crippen LogP contribution in [0.2, 0.25) is 10.0 Å². The molecule has 2 rings (SSSR count). The minimum atomic E-state index is -0.686. The topological polar surface area (TPSA) is 75.7 Å². The molecule has 142 valence electrons. The van der Waals surface area contributed by atoms with Crippen LogP contribution in [-0.4, -0.2) is 47.9 Å². The number of carbonyl (C=O) groups excluding carboxylic acids is 3. The largest absolute Gasteiger partial charge is 0.454 e. The first-order chi connectivity index (χ1) is 12.3. The third-order valence-electron chi connectivity index (χ3n) is 4.41. The number of nitrogens with one attached hydrogen (secondary N) is 1. The molecule has 1 aliphatic heterocycles. The van der Waals surface area contributed by atoms with E-state index in [2.05, 4.69) is 5.32 Å². The van der Waals surface area contributed by atoms with Crippen LogP contribution in [0.25, 0.3) is 0 Å². The highest BCUT2D eigenvalue weighted by molar-refractivity contribution is 6.36. The number of rotatable bonds is 5. The molecule has 2 atom stereocenters. The predicted molar refractivity (Wildman–Crippen MR) is 99.4 cm³/mol. The van der Waals surface area contributed by atoms with E-state index < -0.39 is 11.9 Å². The van der Waals surface area contributed by atoms with E-state index in [0.717, 1.165) is 19.3 Å². The summed E-state index contributed by atoms with van der Waals surface area (Å²) in [7, 11) is 0. The molecule has 0 radical (unpaired) electrons. The standard InChI is InChI=1S/C18H22Cl2N2O4/c1-11-4-3-5-12(2)22(11)16(23)10-26-17(24)9-21-18(25)14-7-6-13(19)8-15(14)20/h6-8,11-12H,3-5,9-10H2,1-2H3,(H,21,25)/t11-,12+. The number of esters is 1. The molecule has 1 fully saturated rings. The first kappa shape index (κ1) is 20.5.